The molecule has 2 atom stereocenters. The van der Waals surface area contributed by atoms with E-state index in [1.54, 1.807) is 37.7 Å². The van der Waals surface area contributed by atoms with Crippen LogP contribution < -0.4 is 11.1 Å². The molecular formula is C16H22N6O2. The number of carbonyl (C=O) groups excluding carboxylic acids is 1. The number of methoxy groups -OCH3 is 1. The Hall–Kier alpha value is -2.45. The number of likely N-dealkylation sites (tertiary alicyclic amines) is 1. The van der Waals surface area contributed by atoms with Crippen molar-refractivity contribution < 1.29 is 9.53 Å². The summed E-state index contributed by atoms with van der Waals surface area (Å²) in [4.78, 5) is 18.4. The summed E-state index contributed by atoms with van der Waals surface area (Å²) in [5.74, 6) is 0.446. The van der Waals surface area contributed by atoms with Gasteiger partial charge in [-0.05, 0) is 24.6 Å². The Morgan fingerprint density at radius 1 is 1.42 bits per heavy atom. The van der Waals surface area contributed by atoms with Gasteiger partial charge in [0.1, 0.15) is 5.82 Å². The predicted octanol–water partition coefficient (Wildman–Crippen LogP) is 0.588. The molecule has 1 aliphatic rings. The molecule has 3 heterocycles. The van der Waals surface area contributed by atoms with E-state index < -0.39 is 0 Å². The number of hydrogen-bond donors (Lipinski definition) is 2. The summed E-state index contributed by atoms with van der Waals surface area (Å²) < 4.78 is 7.29. The number of nitrogens with zero attached hydrogens (tertiary/aromatic N) is 4. The Labute approximate surface area is 140 Å². The van der Waals surface area contributed by atoms with Crippen LogP contribution in [0.3, 0.4) is 0 Å². The summed E-state index contributed by atoms with van der Waals surface area (Å²) in [7, 11) is 1.70. The van der Waals surface area contributed by atoms with E-state index in [2.05, 4.69) is 20.3 Å². The molecule has 0 aromatic carbocycles. The van der Waals surface area contributed by atoms with Gasteiger partial charge in [0.05, 0.1) is 19.2 Å². The molecule has 1 fully saturated rings. The van der Waals surface area contributed by atoms with Gasteiger partial charge < -0.3 is 15.8 Å². The average Bonchev–Trinajstić information content (AvgIpc) is 3.15. The summed E-state index contributed by atoms with van der Waals surface area (Å²) in [5, 5.41) is 7.11. The van der Waals surface area contributed by atoms with Crippen molar-refractivity contribution in [2.75, 3.05) is 31.2 Å². The lowest BCUT2D eigenvalue weighted by molar-refractivity contribution is -0.117. The van der Waals surface area contributed by atoms with E-state index >= 15 is 0 Å². The van der Waals surface area contributed by atoms with Crippen molar-refractivity contribution in [3.8, 4) is 0 Å². The van der Waals surface area contributed by atoms with Crippen molar-refractivity contribution in [3.63, 3.8) is 0 Å². The molecule has 128 valence electrons. The summed E-state index contributed by atoms with van der Waals surface area (Å²) >= 11 is 0. The molecule has 1 saturated heterocycles. The molecule has 24 heavy (non-hydrogen) atoms. The van der Waals surface area contributed by atoms with Crippen molar-refractivity contribution in [1.82, 2.24) is 19.7 Å². The summed E-state index contributed by atoms with van der Waals surface area (Å²) in [6.07, 6.45) is 6.13. The number of amides is 1. The molecule has 1 aliphatic heterocycles. The monoisotopic (exact) mass is 330 g/mol. The van der Waals surface area contributed by atoms with E-state index in [0.717, 1.165) is 18.7 Å². The highest BCUT2D eigenvalue weighted by Crippen LogP contribution is 2.21. The molecule has 2 aromatic heterocycles. The normalized spacial score (nSPS) is 21.0. The first-order valence-corrected chi connectivity index (χ1v) is 7.89. The second-order valence-corrected chi connectivity index (χ2v) is 5.92. The first-order chi connectivity index (χ1) is 11.6. The van der Waals surface area contributed by atoms with Crippen LogP contribution in [-0.4, -0.2) is 57.9 Å². The zero-order chi connectivity index (χ0) is 16.9. The van der Waals surface area contributed by atoms with E-state index in [0.29, 0.717) is 18.9 Å². The van der Waals surface area contributed by atoms with Crippen LogP contribution in [0, 0.1) is 0 Å². The van der Waals surface area contributed by atoms with Crippen LogP contribution in [0.2, 0.25) is 0 Å². The molecular weight excluding hydrogens is 308 g/mol. The van der Waals surface area contributed by atoms with Gasteiger partial charge in [-0.15, -0.1) is 0 Å². The fraction of sp³-hybridized carbons (Fsp3) is 0.438. The number of nitrogens with two attached hydrogens (primary N) is 1. The lowest BCUT2D eigenvalue weighted by atomic mass is 10.2. The quantitative estimate of drug-likeness (QED) is 0.804. The summed E-state index contributed by atoms with van der Waals surface area (Å²) in [6.45, 7) is 1.71. The van der Waals surface area contributed by atoms with Crippen molar-refractivity contribution in [3.05, 3.63) is 36.8 Å². The maximum Gasteiger partial charge on any atom is 0.238 e. The minimum Gasteiger partial charge on any atom is -0.382 e. The molecule has 0 unspecified atom stereocenters. The largest absolute Gasteiger partial charge is 0.382 e. The minimum atomic E-state index is -0.0528. The predicted molar refractivity (Wildman–Crippen MR) is 90.3 cm³/mol. The highest BCUT2D eigenvalue weighted by atomic mass is 16.5. The fourth-order valence-electron chi connectivity index (χ4n) is 3.01. The average molecular weight is 330 g/mol. The third-order valence-electron chi connectivity index (χ3n) is 4.19. The molecule has 1 amide bonds. The van der Waals surface area contributed by atoms with Crippen LogP contribution in [0.15, 0.2) is 36.8 Å². The number of nitrogen functional groups attached to an aromatic ring is 1. The minimum absolute atomic E-state index is 0.0528. The van der Waals surface area contributed by atoms with Gasteiger partial charge in [0, 0.05) is 44.0 Å². The molecule has 3 N–H and O–H groups in total. The number of carbonyl (C=O) groups is 1. The van der Waals surface area contributed by atoms with Gasteiger partial charge in [-0.3, -0.25) is 19.4 Å². The Balaban J connectivity index is 1.61. The van der Waals surface area contributed by atoms with E-state index in [9.17, 15) is 4.79 Å². The number of ether oxygens (including phenoxy) is 1. The molecule has 0 saturated carbocycles. The number of rotatable bonds is 6. The first-order valence-electron chi connectivity index (χ1n) is 7.89. The third kappa shape index (κ3) is 4.09. The SMILES string of the molecule is CO[C@H]1C[C@@H](Cn2ccc(N)n2)N(CC(=O)Nc2ccncc2)C1. The van der Waals surface area contributed by atoms with E-state index in [4.69, 9.17) is 10.5 Å². The van der Waals surface area contributed by atoms with Crippen molar-refractivity contribution in [2.45, 2.75) is 25.1 Å². The second-order valence-electron chi connectivity index (χ2n) is 5.92. The van der Waals surface area contributed by atoms with Crippen molar-refractivity contribution in [1.29, 1.82) is 0 Å². The fourth-order valence-corrected chi connectivity index (χ4v) is 3.01. The molecule has 0 bridgehead atoms. The van der Waals surface area contributed by atoms with Crippen LogP contribution in [0.5, 0.6) is 0 Å². The van der Waals surface area contributed by atoms with Gasteiger partial charge in [0.2, 0.25) is 5.91 Å². The van der Waals surface area contributed by atoms with Crippen LogP contribution in [0.25, 0.3) is 0 Å². The van der Waals surface area contributed by atoms with Gasteiger partial charge in [-0.2, -0.15) is 5.10 Å². The molecule has 0 radical (unpaired) electrons. The third-order valence-corrected chi connectivity index (χ3v) is 4.19. The zero-order valence-electron chi connectivity index (χ0n) is 13.6. The second kappa shape index (κ2) is 7.41. The Morgan fingerprint density at radius 3 is 2.88 bits per heavy atom. The molecule has 3 rings (SSSR count). The Bertz CT molecular complexity index is 674. The maximum atomic E-state index is 12.3. The standard InChI is InChI=1S/C16H22N6O2/c1-24-14-8-13(9-22-7-4-15(17)20-22)21(10-14)11-16(23)19-12-2-5-18-6-3-12/h2-7,13-14H,8-11H2,1H3,(H2,17,20)(H,18,19,23)/t13-,14-/m0/s1. The highest BCUT2D eigenvalue weighted by Gasteiger charge is 2.33. The van der Waals surface area contributed by atoms with Crippen LogP contribution in [0.1, 0.15) is 6.42 Å². The molecule has 0 spiro atoms. The number of pyridine rings is 1. The number of anilines is 2. The summed E-state index contributed by atoms with van der Waals surface area (Å²) in [5.41, 5.74) is 6.41. The number of hydrogen-bond acceptors (Lipinski definition) is 6. The first kappa shape index (κ1) is 16.4. The van der Waals surface area contributed by atoms with Gasteiger partial charge in [-0.25, -0.2) is 0 Å². The smallest absolute Gasteiger partial charge is 0.238 e. The van der Waals surface area contributed by atoms with Gasteiger partial charge in [0.15, 0.2) is 0 Å². The Morgan fingerprint density at radius 2 is 2.21 bits per heavy atom. The molecule has 8 heteroatoms. The maximum absolute atomic E-state index is 12.3. The van der Waals surface area contributed by atoms with Crippen molar-refractivity contribution in [2.24, 2.45) is 0 Å². The van der Waals surface area contributed by atoms with Crippen LogP contribution >= 0.6 is 0 Å². The topological polar surface area (TPSA) is 98.3 Å². The van der Waals surface area contributed by atoms with Gasteiger partial charge in [0.25, 0.3) is 0 Å². The van der Waals surface area contributed by atoms with Crippen LogP contribution in [0.4, 0.5) is 11.5 Å². The number of aromatic nitrogens is 3. The van der Waals surface area contributed by atoms with Crippen LogP contribution in [-0.2, 0) is 16.1 Å². The van der Waals surface area contributed by atoms with Gasteiger partial charge >= 0.3 is 0 Å². The number of nitrogens with one attached hydrogen (secondary N) is 1. The lowest BCUT2D eigenvalue weighted by Gasteiger charge is -2.23. The molecule has 0 aliphatic carbocycles. The zero-order valence-corrected chi connectivity index (χ0v) is 13.6. The summed E-state index contributed by atoms with van der Waals surface area (Å²) in [6, 6.07) is 5.48. The van der Waals surface area contributed by atoms with E-state index in [1.807, 2.05) is 10.9 Å². The van der Waals surface area contributed by atoms with Gasteiger partial charge in [-0.1, -0.05) is 0 Å². The lowest BCUT2D eigenvalue weighted by Crippen LogP contribution is -2.39. The van der Waals surface area contributed by atoms with E-state index in [-0.39, 0.29) is 18.1 Å². The Kier molecular flexibility index (Phi) is 5.07. The molecule has 2 aromatic rings. The molecule has 8 nitrogen and oxygen atoms in total. The van der Waals surface area contributed by atoms with Crippen molar-refractivity contribution >= 4 is 17.4 Å². The highest BCUT2D eigenvalue weighted by molar-refractivity contribution is 5.92. The van der Waals surface area contributed by atoms with E-state index in [1.165, 1.54) is 0 Å².